The van der Waals surface area contributed by atoms with Crippen molar-refractivity contribution in [1.29, 1.82) is 0 Å². The Morgan fingerprint density at radius 3 is 2.58 bits per heavy atom. The number of hydrogen-bond donors (Lipinski definition) is 2. The van der Waals surface area contributed by atoms with Crippen LogP contribution < -0.4 is 5.32 Å². The average Bonchev–Trinajstić information content (AvgIpc) is 2.35. The van der Waals surface area contributed by atoms with Gasteiger partial charge in [-0.1, -0.05) is 13.8 Å². The summed E-state index contributed by atoms with van der Waals surface area (Å²) in [7, 11) is 0. The molecule has 0 saturated heterocycles. The zero-order valence-electron chi connectivity index (χ0n) is 11.8. The maximum Gasteiger partial charge on any atom is 0.224 e. The number of aryl methyl sites for hydroxylation is 1. The number of aromatic nitrogens is 2. The van der Waals surface area contributed by atoms with Gasteiger partial charge in [0.1, 0.15) is 5.82 Å². The minimum Gasteiger partial charge on any atom is -0.388 e. The normalized spacial score (nSPS) is 21.1. The summed E-state index contributed by atoms with van der Waals surface area (Å²) in [6, 6.07) is 0. The number of rotatable bonds is 3. The Balaban J connectivity index is 1.97. The van der Waals surface area contributed by atoms with Gasteiger partial charge in [0.15, 0.2) is 0 Å². The van der Waals surface area contributed by atoms with Crippen LogP contribution in [0.3, 0.4) is 0 Å². The van der Waals surface area contributed by atoms with E-state index in [1.54, 1.807) is 6.20 Å². The molecule has 5 heteroatoms. The van der Waals surface area contributed by atoms with Crippen LogP contribution >= 0.6 is 11.6 Å². The smallest absolute Gasteiger partial charge is 0.224 e. The standard InChI is InChI=1S/C14H22ClN3O/c1-10-8-16-12(15)18-11(10)17-9-14(19)6-4-13(2,3)5-7-14/h8,19H,4-7,9H2,1-3H3,(H,16,17,18). The zero-order valence-corrected chi connectivity index (χ0v) is 12.6. The molecule has 19 heavy (non-hydrogen) atoms. The molecule has 0 aliphatic heterocycles. The molecule has 0 bridgehead atoms. The second-order valence-electron chi connectivity index (χ2n) is 6.41. The lowest BCUT2D eigenvalue weighted by molar-refractivity contribution is -0.0146. The number of aliphatic hydroxyl groups is 1. The topological polar surface area (TPSA) is 58.0 Å². The summed E-state index contributed by atoms with van der Waals surface area (Å²) >= 11 is 5.79. The average molecular weight is 284 g/mol. The zero-order chi connectivity index (χ0) is 14.1. The second kappa shape index (κ2) is 5.25. The summed E-state index contributed by atoms with van der Waals surface area (Å²) in [5.74, 6) is 0.707. The first-order valence-corrected chi connectivity index (χ1v) is 7.13. The SMILES string of the molecule is Cc1cnc(Cl)nc1NCC1(O)CCC(C)(C)CC1. The minimum atomic E-state index is -0.639. The van der Waals surface area contributed by atoms with Crippen LogP contribution in [0.15, 0.2) is 6.20 Å². The van der Waals surface area contributed by atoms with Gasteiger partial charge in [-0.2, -0.15) is 0 Å². The summed E-state index contributed by atoms with van der Waals surface area (Å²) < 4.78 is 0. The van der Waals surface area contributed by atoms with E-state index in [2.05, 4.69) is 29.1 Å². The summed E-state index contributed by atoms with van der Waals surface area (Å²) in [5, 5.41) is 14.0. The Kier molecular flexibility index (Phi) is 4.02. The third-order valence-electron chi connectivity index (χ3n) is 4.06. The molecule has 4 nitrogen and oxygen atoms in total. The van der Waals surface area contributed by atoms with Crippen LogP contribution in [-0.4, -0.2) is 27.2 Å². The largest absolute Gasteiger partial charge is 0.388 e. The van der Waals surface area contributed by atoms with Gasteiger partial charge in [-0.05, 0) is 49.6 Å². The lowest BCUT2D eigenvalue weighted by Crippen LogP contribution is -2.42. The molecule has 106 valence electrons. The molecule has 1 aromatic rings. The van der Waals surface area contributed by atoms with Crippen LogP contribution in [0.1, 0.15) is 45.1 Å². The monoisotopic (exact) mass is 283 g/mol. The van der Waals surface area contributed by atoms with Crippen molar-refractivity contribution < 1.29 is 5.11 Å². The predicted octanol–water partition coefficient (Wildman–Crippen LogP) is 3.18. The van der Waals surface area contributed by atoms with Crippen LogP contribution in [0.2, 0.25) is 5.28 Å². The molecule has 1 saturated carbocycles. The molecule has 0 radical (unpaired) electrons. The molecule has 0 unspecified atom stereocenters. The van der Waals surface area contributed by atoms with Crippen molar-refractivity contribution in [3.8, 4) is 0 Å². The highest BCUT2D eigenvalue weighted by Gasteiger charge is 2.36. The van der Waals surface area contributed by atoms with Gasteiger partial charge in [0.05, 0.1) is 5.60 Å². The molecule has 2 rings (SSSR count). The number of hydrogen-bond acceptors (Lipinski definition) is 4. The van der Waals surface area contributed by atoms with E-state index in [0.29, 0.717) is 17.8 Å². The highest BCUT2D eigenvalue weighted by Crippen LogP contribution is 2.40. The summed E-state index contributed by atoms with van der Waals surface area (Å²) in [6.45, 7) is 6.95. The van der Waals surface area contributed by atoms with Crippen molar-refractivity contribution in [2.24, 2.45) is 5.41 Å². The highest BCUT2D eigenvalue weighted by molar-refractivity contribution is 6.28. The summed E-state index contributed by atoms with van der Waals surface area (Å²) in [4.78, 5) is 8.07. The Morgan fingerprint density at radius 1 is 1.32 bits per heavy atom. The van der Waals surface area contributed by atoms with E-state index in [0.717, 1.165) is 31.2 Å². The second-order valence-corrected chi connectivity index (χ2v) is 6.75. The Bertz CT molecular complexity index is 452. The number of nitrogens with zero attached hydrogens (tertiary/aromatic N) is 2. The maximum absolute atomic E-state index is 10.6. The van der Waals surface area contributed by atoms with Crippen LogP contribution in [0.5, 0.6) is 0 Å². The summed E-state index contributed by atoms with van der Waals surface area (Å²) in [5.41, 5.74) is 0.642. The quantitative estimate of drug-likeness (QED) is 0.837. The molecular formula is C14H22ClN3O. The molecule has 1 aliphatic carbocycles. The van der Waals surface area contributed by atoms with Gasteiger partial charge in [-0.3, -0.25) is 0 Å². The van der Waals surface area contributed by atoms with Gasteiger partial charge in [-0.25, -0.2) is 9.97 Å². The van der Waals surface area contributed by atoms with Crippen LogP contribution in [-0.2, 0) is 0 Å². The lowest BCUT2D eigenvalue weighted by atomic mass is 9.71. The molecule has 2 N–H and O–H groups in total. The van der Waals surface area contributed by atoms with Crippen molar-refractivity contribution in [3.05, 3.63) is 17.0 Å². The van der Waals surface area contributed by atoms with E-state index in [1.165, 1.54) is 0 Å². The molecule has 1 heterocycles. The molecule has 0 amide bonds. The van der Waals surface area contributed by atoms with E-state index in [9.17, 15) is 5.11 Å². The van der Waals surface area contributed by atoms with E-state index in [4.69, 9.17) is 11.6 Å². The first-order valence-electron chi connectivity index (χ1n) is 6.75. The predicted molar refractivity (Wildman–Crippen MR) is 77.5 cm³/mol. The van der Waals surface area contributed by atoms with Gasteiger partial charge < -0.3 is 10.4 Å². The third kappa shape index (κ3) is 3.80. The molecule has 0 aromatic carbocycles. The Morgan fingerprint density at radius 2 is 1.95 bits per heavy atom. The van der Waals surface area contributed by atoms with Crippen molar-refractivity contribution in [1.82, 2.24) is 9.97 Å². The molecule has 0 spiro atoms. The molecule has 0 atom stereocenters. The molecule has 1 aliphatic rings. The molecular weight excluding hydrogens is 262 g/mol. The van der Waals surface area contributed by atoms with Gasteiger partial charge >= 0.3 is 0 Å². The highest BCUT2D eigenvalue weighted by atomic mass is 35.5. The summed E-state index contributed by atoms with van der Waals surface area (Å²) in [6.07, 6.45) is 5.44. The van der Waals surface area contributed by atoms with E-state index < -0.39 is 5.60 Å². The Hall–Kier alpha value is -0.870. The van der Waals surface area contributed by atoms with Gasteiger partial charge in [0, 0.05) is 18.3 Å². The third-order valence-corrected chi connectivity index (χ3v) is 4.24. The number of nitrogens with one attached hydrogen (secondary N) is 1. The number of halogens is 1. The van der Waals surface area contributed by atoms with Gasteiger partial charge in [0.2, 0.25) is 5.28 Å². The van der Waals surface area contributed by atoms with Crippen molar-refractivity contribution >= 4 is 17.4 Å². The van der Waals surface area contributed by atoms with Crippen molar-refractivity contribution in [3.63, 3.8) is 0 Å². The van der Waals surface area contributed by atoms with E-state index in [-0.39, 0.29) is 5.28 Å². The van der Waals surface area contributed by atoms with E-state index >= 15 is 0 Å². The van der Waals surface area contributed by atoms with Crippen molar-refractivity contribution in [2.45, 2.75) is 52.1 Å². The van der Waals surface area contributed by atoms with Gasteiger partial charge in [-0.15, -0.1) is 0 Å². The molecule has 1 aromatic heterocycles. The van der Waals surface area contributed by atoms with Crippen molar-refractivity contribution in [2.75, 3.05) is 11.9 Å². The maximum atomic E-state index is 10.6. The van der Waals surface area contributed by atoms with Crippen LogP contribution in [0, 0.1) is 12.3 Å². The lowest BCUT2D eigenvalue weighted by Gasteiger charge is -2.40. The fraction of sp³-hybridized carbons (Fsp3) is 0.714. The fourth-order valence-electron chi connectivity index (χ4n) is 2.42. The Labute approximate surface area is 119 Å². The first-order chi connectivity index (χ1) is 8.80. The minimum absolute atomic E-state index is 0.227. The molecule has 1 fully saturated rings. The van der Waals surface area contributed by atoms with Crippen LogP contribution in [0.25, 0.3) is 0 Å². The fourth-order valence-corrected chi connectivity index (χ4v) is 2.55. The number of anilines is 1. The van der Waals surface area contributed by atoms with E-state index in [1.807, 2.05) is 6.92 Å². The van der Waals surface area contributed by atoms with Gasteiger partial charge in [0.25, 0.3) is 0 Å². The first kappa shape index (κ1) is 14.5. The van der Waals surface area contributed by atoms with Crippen LogP contribution in [0.4, 0.5) is 5.82 Å².